The average Bonchev–Trinajstić information content (AvgIpc) is 2.97. The van der Waals surface area contributed by atoms with E-state index in [2.05, 4.69) is 4.90 Å². The van der Waals surface area contributed by atoms with Gasteiger partial charge in [0.1, 0.15) is 0 Å². The first-order valence-corrected chi connectivity index (χ1v) is 7.42. The molecule has 1 aliphatic heterocycles. The summed E-state index contributed by atoms with van der Waals surface area (Å²) in [6.07, 6.45) is 4.00. The summed E-state index contributed by atoms with van der Waals surface area (Å²) in [5.74, 6) is -0.613. The Kier molecular flexibility index (Phi) is 5.97. The molecule has 0 aromatic carbocycles. The van der Waals surface area contributed by atoms with Crippen LogP contribution in [0.1, 0.15) is 12.0 Å². The molecule has 2 rings (SSSR count). The number of morpholine rings is 1. The standard InChI is InChI=1S/C15H23N3O4/c1-17-5-7-22-13(8-17)9-18(10-14(16)19)15(20)3-2-12-4-6-21-11-12/h4,6,11,13H,2-3,5,7-10H2,1H3,(H2,16,19)/t13-/m0/s1. The molecule has 1 atom stereocenters. The third kappa shape index (κ3) is 5.16. The second kappa shape index (κ2) is 7.95. The molecule has 22 heavy (non-hydrogen) atoms. The zero-order chi connectivity index (χ0) is 15.9. The Labute approximate surface area is 130 Å². The third-order valence-corrected chi connectivity index (χ3v) is 3.67. The van der Waals surface area contributed by atoms with Crippen LogP contribution in [0.2, 0.25) is 0 Å². The van der Waals surface area contributed by atoms with E-state index in [9.17, 15) is 9.59 Å². The fourth-order valence-corrected chi connectivity index (χ4v) is 2.51. The lowest BCUT2D eigenvalue weighted by Crippen LogP contribution is -2.49. The van der Waals surface area contributed by atoms with Crippen LogP contribution in [0.5, 0.6) is 0 Å². The summed E-state index contributed by atoms with van der Waals surface area (Å²) in [7, 11) is 2.01. The van der Waals surface area contributed by atoms with E-state index < -0.39 is 5.91 Å². The zero-order valence-corrected chi connectivity index (χ0v) is 12.9. The summed E-state index contributed by atoms with van der Waals surface area (Å²) < 4.78 is 10.6. The van der Waals surface area contributed by atoms with Gasteiger partial charge in [0.25, 0.3) is 0 Å². The summed E-state index contributed by atoms with van der Waals surface area (Å²) in [4.78, 5) is 27.2. The maximum atomic E-state index is 12.3. The highest BCUT2D eigenvalue weighted by molar-refractivity contribution is 5.83. The van der Waals surface area contributed by atoms with E-state index in [0.29, 0.717) is 26.0 Å². The van der Waals surface area contributed by atoms with Crippen LogP contribution in [0.3, 0.4) is 0 Å². The Bertz CT molecular complexity index is 489. The van der Waals surface area contributed by atoms with Crippen LogP contribution in [0.15, 0.2) is 23.0 Å². The van der Waals surface area contributed by atoms with Crippen LogP contribution in [0.25, 0.3) is 0 Å². The first-order chi connectivity index (χ1) is 10.5. The summed E-state index contributed by atoms with van der Waals surface area (Å²) >= 11 is 0. The Morgan fingerprint density at radius 1 is 1.50 bits per heavy atom. The van der Waals surface area contributed by atoms with E-state index in [1.807, 2.05) is 13.1 Å². The monoisotopic (exact) mass is 309 g/mol. The second-order valence-electron chi connectivity index (χ2n) is 5.63. The normalized spacial score (nSPS) is 19.0. The number of primary amides is 1. The molecule has 122 valence electrons. The molecule has 0 aliphatic carbocycles. The predicted molar refractivity (Wildman–Crippen MR) is 80.0 cm³/mol. The first-order valence-electron chi connectivity index (χ1n) is 7.42. The van der Waals surface area contributed by atoms with Gasteiger partial charge in [0.15, 0.2) is 0 Å². The number of nitrogens with two attached hydrogens (primary N) is 1. The van der Waals surface area contributed by atoms with Crippen molar-refractivity contribution >= 4 is 11.8 Å². The van der Waals surface area contributed by atoms with Gasteiger partial charge in [-0.15, -0.1) is 0 Å². The number of ether oxygens (including phenoxy) is 1. The molecule has 7 heteroatoms. The lowest BCUT2D eigenvalue weighted by molar-refractivity contribution is -0.138. The Morgan fingerprint density at radius 3 is 2.95 bits per heavy atom. The minimum atomic E-state index is -0.513. The SMILES string of the molecule is CN1CCO[C@H](CN(CC(N)=O)C(=O)CCc2ccoc2)C1. The minimum absolute atomic E-state index is 0.0756. The number of carbonyl (C=O) groups is 2. The van der Waals surface area contributed by atoms with E-state index in [1.165, 1.54) is 4.90 Å². The Hall–Kier alpha value is -1.86. The van der Waals surface area contributed by atoms with Gasteiger partial charge < -0.3 is 24.7 Å². The molecule has 1 fully saturated rings. The van der Waals surface area contributed by atoms with Crippen molar-refractivity contribution in [3.63, 3.8) is 0 Å². The van der Waals surface area contributed by atoms with Crippen LogP contribution >= 0.6 is 0 Å². The summed E-state index contributed by atoms with van der Waals surface area (Å²) in [6, 6.07) is 1.82. The Morgan fingerprint density at radius 2 is 2.32 bits per heavy atom. The van der Waals surface area contributed by atoms with E-state index in [1.54, 1.807) is 12.5 Å². The molecule has 2 heterocycles. The molecule has 1 aromatic heterocycles. The van der Waals surface area contributed by atoms with Gasteiger partial charge in [0.2, 0.25) is 11.8 Å². The molecule has 0 spiro atoms. The fraction of sp³-hybridized carbons (Fsp3) is 0.600. The molecule has 0 saturated carbocycles. The number of furan rings is 1. The van der Waals surface area contributed by atoms with Crippen molar-refractivity contribution in [3.05, 3.63) is 24.2 Å². The number of amides is 2. The van der Waals surface area contributed by atoms with E-state index in [4.69, 9.17) is 14.9 Å². The molecule has 1 aliphatic rings. The van der Waals surface area contributed by atoms with Gasteiger partial charge in [0.05, 0.1) is 31.8 Å². The lowest BCUT2D eigenvalue weighted by Gasteiger charge is -2.33. The number of nitrogens with zero attached hydrogens (tertiary/aromatic N) is 2. The molecule has 7 nitrogen and oxygen atoms in total. The van der Waals surface area contributed by atoms with Crippen molar-refractivity contribution in [3.8, 4) is 0 Å². The van der Waals surface area contributed by atoms with Gasteiger partial charge in [-0.05, 0) is 25.1 Å². The number of rotatable bonds is 7. The largest absolute Gasteiger partial charge is 0.472 e. The molecule has 1 saturated heterocycles. The van der Waals surface area contributed by atoms with Gasteiger partial charge >= 0.3 is 0 Å². The molecule has 2 amide bonds. The molecule has 2 N–H and O–H groups in total. The molecule has 0 radical (unpaired) electrons. The van der Waals surface area contributed by atoms with Crippen molar-refractivity contribution in [1.82, 2.24) is 9.80 Å². The van der Waals surface area contributed by atoms with Crippen LogP contribution in [-0.4, -0.2) is 67.6 Å². The zero-order valence-electron chi connectivity index (χ0n) is 12.9. The number of carbonyl (C=O) groups excluding carboxylic acids is 2. The predicted octanol–water partition coefficient (Wildman–Crippen LogP) is -0.143. The molecule has 1 aromatic rings. The molecular formula is C15H23N3O4. The maximum absolute atomic E-state index is 12.3. The van der Waals surface area contributed by atoms with E-state index in [-0.39, 0.29) is 18.6 Å². The van der Waals surface area contributed by atoms with Crippen LogP contribution in [0, 0.1) is 0 Å². The smallest absolute Gasteiger partial charge is 0.237 e. The van der Waals surface area contributed by atoms with Crippen LogP contribution in [-0.2, 0) is 20.7 Å². The summed E-state index contributed by atoms with van der Waals surface area (Å²) in [5, 5.41) is 0. The van der Waals surface area contributed by atoms with Gasteiger partial charge in [0, 0.05) is 26.1 Å². The Balaban J connectivity index is 1.89. The van der Waals surface area contributed by atoms with Gasteiger partial charge in [-0.3, -0.25) is 9.59 Å². The number of hydrogen-bond donors (Lipinski definition) is 1. The summed E-state index contributed by atoms with van der Waals surface area (Å²) in [5.41, 5.74) is 6.21. The first kappa shape index (κ1) is 16.5. The van der Waals surface area contributed by atoms with Crippen LogP contribution < -0.4 is 5.73 Å². The van der Waals surface area contributed by atoms with E-state index in [0.717, 1.165) is 18.7 Å². The minimum Gasteiger partial charge on any atom is -0.472 e. The lowest BCUT2D eigenvalue weighted by atomic mass is 10.1. The molecule has 0 bridgehead atoms. The number of hydrogen-bond acceptors (Lipinski definition) is 5. The molecule has 0 unspecified atom stereocenters. The highest BCUT2D eigenvalue weighted by Gasteiger charge is 2.24. The van der Waals surface area contributed by atoms with Crippen molar-refractivity contribution in [2.24, 2.45) is 5.73 Å². The fourth-order valence-electron chi connectivity index (χ4n) is 2.51. The second-order valence-corrected chi connectivity index (χ2v) is 5.63. The van der Waals surface area contributed by atoms with Crippen molar-refractivity contribution in [2.45, 2.75) is 18.9 Å². The van der Waals surface area contributed by atoms with Gasteiger partial charge in [-0.25, -0.2) is 0 Å². The van der Waals surface area contributed by atoms with Crippen LogP contribution in [0.4, 0.5) is 0 Å². The van der Waals surface area contributed by atoms with Crippen molar-refractivity contribution in [2.75, 3.05) is 39.8 Å². The topological polar surface area (TPSA) is 89.0 Å². The average molecular weight is 309 g/mol. The van der Waals surface area contributed by atoms with E-state index >= 15 is 0 Å². The highest BCUT2D eigenvalue weighted by atomic mass is 16.5. The molecular weight excluding hydrogens is 286 g/mol. The van der Waals surface area contributed by atoms with Gasteiger partial charge in [-0.2, -0.15) is 0 Å². The highest BCUT2D eigenvalue weighted by Crippen LogP contribution is 2.09. The number of aryl methyl sites for hydroxylation is 1. The quantitative estimate of drug-likeness (QED) is 0.757. The maximum Gasteiger partial charge on any atom is 0.237 e. The third-order valence-electron chi connectivity index (χ3n) is 3.67. The summed E-state index contributed by atoms with van der Waals surface area (Å²) in [6.45, 7) is 2.56. The van der Waals surface area contributed by atoms with Crippen molar-refractivity contribution in [1.29, 1.82) is 0 Å². The van der Waals surface area contributed by atoms with Crippen molar-refractivity contribution < 1.29 is 18.7 Å². The van der Waals surface area contributed by atoms with Gasteiger partial charge in [-0.1, -0.05) is 0 Å². The number of likely N-dealkylation sites (N-methyl/N-ethyl adjacent to an activating group) is 1.